The van der Waals surface area contributed by atoms with E-state index >= 15 is 0 Å². The smallest absolute Gasteiger partial charge is 0.197 e. The number of hydrogen-bond donors (Lipinski definition) is 0. The van der Waals surface area contributed by atoms with Gasteiger partial charge in [0, 0.05) is 22.3 Å². The van der Waals surface area contributed by atoms with E-state index in [2.05, 4.69) is 0 Å². The van der Waals surface area contributed by atoms with Crippen molar-refractivity contribution in [1.82, 2.24) is 0 Å². The van der Waals surface area contributed by atoms with Crippen molar-refractivity contribution in [2.75, 3.05) is 0 Å². The molecule has 0 spiro atoms. The number of hydrogen-bond acceptors (Lipinski definition) is 4. The zero-order valence-corrected chi connectivity index (χ0v) is 19.7. The molecule has 4 aromatic rings. The predicted octanol–water partition coefficient (Wildman–Crippen LogP) is 6.76. The predicted molar refractivity (Wildman–Crippen MR) is 133 cm³/mol. The first kappa shape index (κ1) is 23.0. The van der Waals surface area contributed by atoms with E-state index in [4.69, 9.17) is 9.78 Å². The van der Waals surface area contributed by atoms with Crippen LogP contribution in [0.4, 0.5) is 0 Å². The van der Waals surface area contributed by atoms with E-state index in [-0.39, 0.29) is 28.4 Å². The summed E-state index contributed by atoms with van der Waals surface area (Å²) in [4.78, 5) is 38.9. The first-order chi connectivity index (χ1) is 16.4. The number of aryl methyl sites for hydroxylation is 2. The summed E-state index contributed by atoms with van der Waals surface area (Å²) in [5, 5.41) is 0. The van der Waals surface area contributed by atoms with Gasteiger partial charge in [0.05, 0.1) is 5.56 Å². The number of ketones is 2. The standard InChI is InChI=1S/C30H26O4/c1-19-12-11-17-26(21(19)3)33-34-30-22(4)20(2)18-25(28(31)23-13-7-5-8-14-23)27(30)29(32)24-15-9-6-10-16-24/h5-18H,1-4H3. The van der Waals surface area contributed by atoms with Crippen LogP contribution in [0.2, 0.25) is 0 Å². The number of carbonyl (C=O) groups excluding carboxylic acids is 2. The van der Waals surface area contributed by atoms with Gasteiger partial charge in [-0.05, 0) is 56.5 Å². The molecule has 0 aliphatic carbocycles. The normalized spacial score (nSPS) is 10.6. The quantitative estimate of drug-likeness (QED) is 0.177. The summed E-state index contributed by atoms with van der Waals surface area (Å²) in [5.74, 6) is 0.242. The van der Waals surface area contributed by atoms with Crippen molar-refractivity contribution in [3.63, 3.8) is 0 Å². The Kier molecular flexibility index (Phi) is 6.60. The van der Waals surface area contributed by atoms with Crippen LogP contribution >= 0.6 is 0 Å². The highest BCUT2D eigenvalue weighted by molar-refractivity contribution is 6.21. The molecule has 0 heterocycles. The molecule has 0 bridgehead atoms. The van der Waals surface area contributed by atoms with Crippen molar-refractivity contribution in [2.24, 2.45) is 0 Å². The van der Waals surface area contributed by atoms with E-state index in [0.29, 0.717) is 16.9 Å². The van der Waals surface area contributed by atoms with Crippen LogP contribution in [0.5, 0.6) is 11.5 Å². The molecular formula is C30H26O4. The fraction of sp³-hybridized carbons (Fsp3) is 0.133. The monoisotopic (exact) mass is 450 g/mol. The molecule has 34 heavy (non-hydrogen) atoms. The summed E-state index contributed by atoms with van der Waals surface area (Å²) in [7, 11) is 0. The molecule has 0 radical (unpaired) electrons. The molecule has 0 aliphatic heterocycles. The molecule has 0 fully saturated rings. The van der Waals surface area contributed by atoms with E-state index in [1.165, 1.54) is 0 Å². The van der Waals surface area contributed by atoms with Crippen LogP contribution in [-0.4, -0.2) is 11.6 Å². The highest BCUT2D eigenvalue weighted by atomic mass is 17.2. The molecule has 0 saturated heterocycles. The summed E-state index contributed by atoms with van der Waals surface area (Å²) in [6, 6.07) is 25.2. The Morgan fingerprint density at radius 1 is 0.588 bits per heavy atom. The topological polar surface area (TPSA) is 52.6 Å². The summed E-state index contributed by atoms with van der Waals surface area (Å²) in [6.07, 6.45) is 0. The Bertz CT molecular complexity index is 1360. The molecule has 4 nitrogen and oxygen atoms in total. The molecule has 0 aromatic heterocycles. The van der Waals surface area contributed by atoms with Gasteiger partial charge in [-0.15, -0.1) is 0 Å². The van der Waals surface area contributed by atoms with Crippen LogP contribution in [0.15, 0.2) is 84.9 Å². The lowest BCUT2D eigenvalue weighted by atomic mass is 9.89. The lowest BCUT2D eigenvalue weighted by Gasteiger charge is -2.18. The molecule has 0 atom stereocenters. The van der Waals surface area contributed by atoms with Gasteiger partial charge in [-0.25, -0.2) is 0 Å². The van der Waals surface area contributed by atoms with Gasteiger partial charge in [0.25, 0.3) is 0 Å². The van der Waals surface area contributed by atoms with Crippen LogP contribution in [0.1, 0.15) is 54.1 Å². The zero-order chi connectivity index (χ0) is 24.2. The highest BCUT2D eigenvalue weighted by Crippen LogP contribution is 2.34. The van der Waals surface area contributed by atoms with Crippen LogP contribution in [0, 0.1) is 27.7 Å². The molecule has 4 aromatic carbocycles. The molecule has 4 heteroatoms. The number of benzene rings is 4. The summed E-state index contributed by atoms with van der Waals surface area (Å²) < 4.78 is 0. The zero-order valence-electron chi connectivity index (χ0n) is 19.7. The fourth-order valence-corrected chi connectivity index (χ4v) is 3.77. The number of rotatable bonds is 7. The molecular weight excluding hydrogens is 424 g/mol. The molecule has 0 saturated carbocycles. The van der Waals surface area contributed by atoms with E-state index in [1.807, 2.05) is 58.0 Å². The van der Waals surface area contributed by atoms with Crippen LogP contribution in [0.25, 0.3) is 0 Å². The third-order valence-corrected chi connectivity index (χ3v) is 6.10. The average Bonchev–Trinajstić information content (AvgIpc) is 2.87. The van der Waals surface area contributed by atoms with E-state index in [1.54, 1.807) is 54.6 Å². The third-order valence-electron chi connectivity index (χ3n) is 6.10. The van der Waals surface area contributed by atoms with E-state index in [9.17, 15) is 9.59 Å². The lowest BCUT2D eigenvalue weighted by molar-refractivity contribution is -0.102. The summed E-state index contributed by atoms with van der Waals surface area (Å²) in [5.41, 5.74) is 4.97. The Labute approximate surface area is 199 Å². The van der Waals surface area contributed by atoms with Crippen LogP contribution in [-0.2, 0) is 0 Å². The van der Waals surface area contributed by atoms with Gasteiger partial charge in [0.15, 0.2) is 23.1 Å². The molecule has 4 rings (SSSR count). The van der Waals surface area contributed by atoms with Crippen molar-refractivity contribution in [1.29, 1.82) is 0 Å². The maximum atomic E-state index is 13.7. The average molecular weight is 451 g/mol. The van der Waals surface area contributed by atoms with Gasteiger partial charge in [0.2, 0.25) is 0 Å². The summed E-state index contributed by atoms with van der Waals surface area (Å²) in [6.45, 7) is 7.67. The van der Waals surface area contributed by atoms with Gasteiger partial charge < -0.3 is 0 Å². The number of carbonyl (C=O) groups is 2. The van der Waals surface area contributed by atoms with Gasteiger partial charge >= 0.3 is 0 Å². The fourth-order valence-electron chi connectivity index (χ4n) is 3.77. The minimum absolute atomic E-state index is 0.188. The van der Waals surface area contributed by atoms with E-state index in [0.717, 1.165) is 22.3 Å². The Morgan fingerprint density at radius 2 is 1.18 bits per heavy atom. The highest BCUT2D eigenvalue weighted by Gasteiger charge is 2.28. The van der Waals surface area contributed by atoms with Crippen LogP contribution in [0.3, 0.4) is 0 Å². The van der Waals surface area contributed by atoms with Gasteiger partial charge in [-0.2, -0.15) is 0 Å². The second kappa shape index (κ2) is 9.75. The Morgan fingerprint density at radius 3 is 1.79 bits per heavy atom. The SMILES string of the molecule is Cc1cccc(OOc2c(C)c(C)cc(C(=O)c3ccccc3)c2C(=O)c2ccccc2)c1C. The summed E-state index contributed by atoms with van der Waals surface area (Å²) >= 11 is 0. The Hall–Kier alpha value is -4.18. The van der Waals surface area contributed by atoms with Crippen molar-refractivity contribution >= 4 is 11.6 Å². The molecule has 0 aliphatic rings. The van der Waals surface area contributed by atoms with Crippen molar-refractivity contribution in [3.8, 4) is 11.5 Å². The maximum absolute atomic E-state index is 13.7. The van der Waals surface area contributed by atoms with E-state index < -0.39 is 0 Å². The van der Waals surface area contributed by atoms with Gasteiger partial charge in [-0.1, -0.05) is 72.8 Å². The largest absolute Gasteiger partial charge is 0.290 e. The second-order valence-corrected chi connectivity index (χ2v) is 8.33. The third kappa shape index (κ3) is 4.48. The van der Waals surface area contributed by atoms with Crippen molar-refractivity contribution in [2.45, 2.75) is 27.7 Å². The first-order valence-corrected chi connectivity index (χ1v) is 11.1. The minimum atomic E-state index is -0.303. The molecule has 0 unspecified atom stereocenters. The molecule has 0 N–H and O–H groups in total. The second-order valence-electron chi connectivity index (χ2n) is 8.33. The molecule has 0 amide bonds. The lowest BCUT2D eigenvalue weighted by Crippen LogP contribution is -2.16. The van der Waals surface area contributed by atoms with Gasteiger partial charge in [-0.3, -0.25) is 19.4 Å². The maximum Gasteiger partial charge on any atom is 0.197 e. The minimum Gasteiger partial charge on any atom is -0.290 e. The van der Waals surface area contributed by atoms with Crippen LogP contribution < -0.4 is 9.78 Å². The molecule has 170 valence electrons. The van der Waals surface area contributed by atoms with Gasteiger partial charge in [0.1, 0.15) is 0 Å². The first-order valence-electron chi connectivity index (χ1n) is 11.1. The van der Waals surface area contributed by atoms with Crippen molar-refractivity contribution < 1.29 is 19.4 Å². The van der Waals surface area contributed by atoms with Crippen molar-refractivity contribution in [3.05, 3.63) is 129 Å². The Balaban J connectivity index is 1.88.